The Balaban J connectivity index is 1.85. The van der Waals surface area contributed by atoms with Gasteiger partial charge in [0.25, 0.3) is 0 Å². The Hall–Kier alpha value is -0.650. The van der Waals surface area contributed by atoms with Crippen molar-refractivity contribution in [3.05, 3.63) is 0 Å². The number of methoxy groups -OCH3 is 1. The van der Waals surface area contributed by atoms with Crippen molar-refractivity contribution < 1.29 is 9.53 Å². The van der Waals surface area contributed by atoms with E-state index in [1.807, 2.05) is 6.92 Å². The summed E-state index contributed by atoms with van der Waals surface area (Å²) in [6.45, 7) is 5.37. The van der Waals surface area contributed by atoms with Crippen LogP contribution in [0.25, 0.3) is 0 Å². The molecule has 0 bridgehead atoms. The van der Waals surface area contributed by atoms with Gasteiger partial charge in [-0.25, -0.2) is 0 Å². The van der Waals surface area contributed by atoms with Crippen LogP contribution in [0.1, 0.15) is 32.6 Å². The second kappa shape index (κ2) is 7.22. The summed E-state index contributed by atoms with van der Waals surface area (Å²) in [5, 5.41) is 6.53. The van der Waals surface area contributed by atoms with Crippen molar-refractivity contribution in [1.82, 2.24) is 15.5 Å². The highest BCUT2D eigenvalue weighted by atomic mass is 16.5. The molecule has 3 unspecified atom stereocenters. The number of carbonyl (C=O) groups excluding carboxylic acids is 1. The number of nitrogens with one attached hydrogen (secondary N) is 2. The number of likely N-dealkylation sites (tertiary alicyclic amines) is 1. The summed E-state index contributed by atoms with van der Waals surface area (Å²) >= 11 is 0. The topological polar surface area (TPSA) is 53.6 Å². The average molecular weight is 269 g/mol. The van der Waals surface area contributed by atoms with Gasteiger partial charge < -0.3 is 15.4 Å². The number of hydrogen-bond acceptors (Lipinski definition) is 4. The molecule has 2 saturated heterocycles. The fraction of sp³-hybridized carbons (Fsp3) is 0.929. The molecule has 2 N–H and O–H groups in total. The molecule has 5 nitrogen and oxygen atoms in total. The highest BCUT2D eigenvalue weighted by molar-refractivity contribution is 5.81. The first-order valence-electron chi connectivity index (χ1n) is 7.50. The van der Waals surface area contributed by atoms with E-state index in [4.69, 9.17) is 4.74 Å². The molecular formula is C14H27N3O2. The standard InChI is InChI=1S/C14H27N3O2/c1-11(14(18)16-8-10-19-2)17-9-4-6-13(17)12-5-3-7-15-12/h11-13,15H,3-10H2,1-2H3,(H,16,18). The summed E-state index contributed by atoms with van der Waals surface area (Å²) < 4.78 is 4.96. The van der Waals surface area contributed by atoms with Gasteiger partial charge in [-0.2, -0.15) is 0 Å². The summed E-state index contributed by atoms with van der Waals surface area (Å²) in [6.07, 6.45) is 4.94. The van der Waals surface area contributed by atoms with E-state index in [0.717, 1.165) is 13.1 Å². The normalized spacial score (nSPS) is 29.6. The second-order valence-electron chi connectivity index (χ2n) is 5.61. The number of nitrogens with zero attached hydrogens (tertiary/aromatic N) is 1. The van der Waals surface area contributed by atoms with Crippen LogP contribution in [0.15, 0.2) is 0 Å². The van der Waals surface area contributed by atoms with Crippen molar-refractivity contribution in [3.63, 3.8) is 0 Å². The van der Waals surface area contributed by atoms with Crippen molar-refractivity contribution in [2.24, 2.45) is 0 Å². The third-order valence-electron chi connectivity index (χ3n) is 4.39. The third-order valence-corrected chi connectivity index (χ3v) is 4.39. The van der Waals surface area contributed by atoms with Gasteiger partial charge in [0.2, 0.25) is 5.91 Å². The summed E-state index contributed by atoms with van der Waals surface area (Å²) in [5.74, 6) is 0.127. The first-order chi connectivity index (χ1) is 9.24. The highest BCUT2D eigenvalue weighted by Crippen LogP contribution is 2.26. The van der Waals surface area contributed by atoms with Crippen LogP contribution in [0.5, 0.6) is 0 Å². The second-order valence-corrected chi connectivity index (χ2v) is 5.61. The van der Waals surface area contributed by atoms with Gasteiger partial charge in [0.05, 0.1) is 12.6 Å². The molecule has 0 spiro atoms. The quantitative estimate of drug-likeness (QED) is 0.683. The molecule has 2 fully saturated rings. The molecule has 19 heavy (non-hydrogen) atoms. The maximum absolute atomic E-state index is 12.1. The van der Waals surface area contributed by atoms with Gasteiger partial charge in [-0.15, -0.1) is 0 Å². The lowest BCUT2D eigenvalue weighted by molar-refractivity contribution is -0.126. The number of ether oxygens (including phenoxy) is 1. The summed E-state index contributed by atoms with van der Waals surface area (Å²) in [7, 11) is 1.65. The van der Waals surface area contributed by atoms with Crippen LogP contribution < -0.4 is 10.6 Å². The predicted octanol–water partition coefficient (Wildman–Crippen LogP) is 0.354. The van der Waals surface area contributed by atoms with Crippen LogP contribution in [0.2, 0.25) is 0 Å². The zero-order valence-electron chi connectivity index (χ0n) is 12.2. The fourth-order valence-corrected chi connectivity index (χ4v) is 3.34. The Labute approximate surface area is 116 Å². The molecule has 110 valence electrons. The van der Waals surface area contributed by atoms with Gasteiger partial charge >= 0.3 is 0 Å². The number of amides is 1. The van der Waals surface area contributed by atoms with Crippen molar-refractivity contribution >= 4 is 5.91 Å². The zero-order valence-corrected chi connectivity index (χ0v) is 12.2. The van der Waals surface area contributed by atoms with Crippen molar-refractivity contribution in [1.29, 1.82) is 0 Å². The molecule has 5 heteroatoms. The Morgan fingerprint density at radius 3 is 3.00 bits per heavy atom. The van der Waals surface area contributed by atoms with E-state index in [1.54, 1.807) is 7.11 Å². The lowest BCUT2D eigenvalue weighted by Gasteiger charge is -2.33. The van der Waals surface area contributed by atoms with Crippen LogP contribution in [0.4, 0.5) is 0 Å². The molecule has 0 aromatic heterocycles. The molecule has 1 amide bonds. The summed E-state index contributed by atoms with van der Waals surface area (Å²) in [4.78, 5) is 14.5. The minimum atomic E-state index is -0.0354. The van der Waals surface area contributed by atoms with Crippen LogP contribution in [-0.2, 0) is 9.53 Å². The molecule has 2 heterocycles. The van der Waals surface area contributed by atoms with Crippen molar-refractivity contribution in [2.75, 3.05) is 33.4 Å². The van der Waals surface area contributed by atoms with Crippen LogP contribution in [0.3, 0.4) is 0 Å². The van der Waals surface area contributed by atoms with E-state index < -0.39 is 0 Å². The minimum Gasteiger partial charge on any atom is -0.383 e. The van der Waals surface area contributed by atoms with Crippen molar-refractivity contribution in [3.8, 4) is 0 Å². The van der Waals surface area contributed by atoms with E-state index in [9.17, 15) is 4.79 Å². The first kappa shape index (κ1) is 14.8. The van der Waals surface area contributed by atoms with E-state index in [1.165, 1.54) is 25.7 Å². The van der Waals surface area contributed by atoms with Crippen LogP contribution >= 0.6 is 0 Å². The monoisotopic (exact) mass is 269 g/mol. The zero-order chi connectivity index (χ0) is 13.7. The van der Waals surface area contributed by atoms with E-state index in [2.05, 4.69) is 15.5 Å². The van der Waals surface area contributed by atoms with Gasteiger partial charge in [0.15, 0.2) is 0 Å². The van der Waals surface area contributed by atoms with Gasteiger partial charge in [0, 0.05) is 25.7 Å². The molecule has 0 aromatic rings. The van der Waals surface area contributed by atoms with Gasteiger partial charge in [-0.3, -0.25) is 9.69 Å². The number of hydrogen-bond donors (Lipinski definition) is 2. The smallest absolute Gasteiger partial charge is 0.237 e. The first-order valence-corrected chi connectivity index (χ1v) is 7.50. The van der Waals surface area contributed by atoms with E-state index in [0.29, 0.717) is 25.2 Å². The Kier molecular flexibility index (Phi) is 5.60. The highest BCUT2D eigenvalue weighted by Gasteiger charge is 2.37. The van der Waals surface area contributed by atoms with Gasteiger partial charge in [-0.1, -0.05) is 0 Å². The Morgan fingerprint density at radius 1 is 1.47 bits per heavy atom. The largest absolute Gasteiger partial charge is 0.383 e. The Bertz CT molecular complexity index is 292. The maximum atomic E-state index is 12.1. The molecule has 0 saturated carbocycles. The molecule has 0 radical (unpaired) electrons. The van der Waals surface area contributed by atoms with Crippen LogP contribution in [0, 0.1) is 0 Å². The average Bonchev–Trinajstić information content (AvgIpc) is 3.08. The fourth-order valence-electron chi connectivity index (χ4n) is 3.34. The van der Waals surface area contributed by atoms with E-state index in [-0.39, 0.29) is 11.9 Å². The maximum Gasteiger partial charge on any atom is 0.237 e. The van der Waals surface area contributed by atoms with Gasteiger partial charge in [0.1, 0.15) is 0 Å². The molecule has 0 aliphatic carbocycles. The molecule has 0 aromatic carbocycles. The SMILES string of the molecule is COCCNC(=O)C(C)N1CCCC1C1CCCN1. The third kappa shape index (κ3) is 3.68. The van der Waals surface area contributed by atoms with Crippen LogP contribution in [-0.4, -0.2) is 62.3 Å². The Morgan fingerprint density at radius 2 is 2.32 bits per heavy atom. The minimum absolute atomic E-state index is 0.0354. The van der Waals surface area contributed by atoms with Crippen molar-refractivity contribution in [2.45, 2.75) is 50.7 Å². The molecule has 2 rings (SSSR count). The summed E-state index contributed by atoms with van der Waals surface area (Å²) in [6, 6.07) is 1.08. The van der Waals surface area contributed by atoms with Gasteiger partial charge in [-0.05, 0) is 45.7 Å². The number of carbonyl (C=O) groups is 1. The number of rotatable bonds is 6. The lowest BCUT2D eigenvalue weighted by Crippen LogP contribution is -2.52. The molecular weight excluding hydrogens is 242 g/mol. The molecule has 3 atom stereocenters. The predicted molar refractivity (Wildman–Crippen MR) is 75.1 cm³/mol. The molecule has 2 aliphatic heterocycles. The van der Waals surface area contributed by atoms with E-state index >= 15 is 0 Å². The summed E-state index contributed by atoms with van der Waals surface area (Å²) in [5.41, 5.74) is 0. The molecule has 2 aliphatic rings. The lowest BCUT2D eigenvalue weighted by atomic mass is 10.0.